The molecule has 1 aliphatic heterocycles. The summed E-state index contributed by atoms with van der Waals surface area (Å²) in [7, 11) is 0. The Bertz CT molecular complexity index is 464. The Labute approximate surface area is 129 Å². The normalized spacial score (nSPS) is 21.7. The van der Waals surface area contributed by atoms with Gasteiger partial charge in [-0.1, -0.05) is 25.3 Å². The highest BCUT2D eigenvalue weighted by Gasteiger charge is 2.35. The summed E-state index contributed by atoms with van der Waals surface area (Å²) in [5.41, 5.74) is 10.6. The van der Waals surface area contributed by atoms with Gasteiger partial charge in [0.05, 0.1) is 0 Å². The van der Waals surface area contributed by atoms with E-state index < -0.39 is 0 Å². The molecule has 0 unspecified atom stereocenters. The number of aryl methyl sites for hydroxylation is 1. The predicted octanol–water partition coefficient (Wildman–Crippen LogP) is 4.05. The van der Waals surface area contributed by atoms with Crippen molar-refractivity contribution < 1.29 is 0 Å². The summed E-state index contributed by atoms with van der Waals surface area (Å²) in [6.07, 6.45) is 11.2. The summed E-state index contributed by atoms with van der Waals surface area (Å²) in [6, 6.07) is 6.95. The van der Waals surface area contributed by atoms with Crippen LogP contribution in [0.25, 0.3) is 0 Å². The van der Waals surface area contributed by atoms with Gasteiger partial charge < -0.3 is 10.6 Å². The number of hydrogen-bond donors (Lipinski definition) is 1. The Balaban J connectivity index is 1.65. The molecule has 1 spiro atoms. The maximum Gasteiger partial charge on any atom is 0.0369 e. The second-order valence-corrected chi connectivity index (χ2v) is 7.20. The summed E-state index contributed by atoms with van der Waals surface area (Å²) < 4.78 is 0. The first-order chi connectivity index (χ1) is 10.2. The van der Waals surface area contributed by atoms with E-state index in [2.05, 4.69) is 30.0 Å². The fraction of sp³-hybridized carbons (Fsp3) is 0.684. The molecule has 1 saturated carbocycles. The first-order valence-corrected chi connectivity index (χ1v) is 8.77. The predicted molar refractivity (Wildman–Crippen MR) is 90.9 cm³/mol. The van der Waals surface area contributed by atoms with Crippen molar-refractivity contribution in [1.82, 2.24) is 0 Å². The van der Waals surface area contributed by atoms with Gasteiger partial charge in [-0.25, -0.2) is 0 Å². The summed E-state index contributed by atoms with van der Waals surface area (Å²) in [4.78, 5) is 2.60. The molecule has 1 heterocycles. The topological polar surface area (TPSA) is 29.3 Å². The second kappa shape index (κ2) is 6.39. The van der Waals surface area contributed by atoms with Gasteiger partial charge in [-0.05, 0) is 74.2 Å². The van der Waals surface area contributed by atoms with Crippen molar-refractivity contribution in [1.29, 1.82) is 0 Å². The molecule has 2 N–H and O–H groups in total. The van der Waals surface area contributed by atoms with Crippen LogP contribution in [0, 0.1) is 12.3 Å². The molecule has 0 bridgehead atoms. The van der Waals surface area contributed by atoms with Crippen LogP contribution in [0.1, 0.15) is 56.1 Å². The van der Waals surface area contributed by atoms with Gasteiger partial charge in [0.25, 0.3) is 0 Å². The lowest BCUT2D eigenvalue weighted by Gasteiger charge is -2.45. The highest BCUT2D eigenvalue weighted by molar-refractivity contribution is 5.51. The Morgan fingerprint density at radius 3 is 2.38 bits per heavy atom. The fourth-order valence-corrected chi connectivity index (χ4v) is 4.35. The monoisotopic (exact) mass is 286 g/mol. The van der Waals surface area contributed by atoms with Crippen LogP contribution >= 0.6 is 0 Å². The number of rotatable bonds is 3. The standard InChI is InChI=1S/C19H30N2/c1-16-15-18(6-5-17(16)7-12-20)21-13-10-19(11-14-21)8-3-2-4-9-19/h5-6,15H,2-4,7-14,20H2,1H3. The van der Waals surface area contributed by atoms with Gasteiger partial charge in [0.15, 0.2) is 0 Å². The van der Waals surface area contributed by atoms with E-state index in [0.29, 0.717) is 5.41 Å². The summed E-state index contributed by atoms with van der Waals surface area (Å²) in [5.74, 6) is 0. The molecule has 116 valence electrons. The minimum atomic E-state index is 0.698. The number of piperidine rings is 1. The van der Waals surface area contributed by atoms with Crippen LogP contribution in [-0.2, 0) is 6.42 Å². The maximum absolute atomic E-state index is 5.68. The number of nitrogens with two attached hydrogens (primary N) is 1. The number of anilines is 1. The van der Waals surface area contributed by atoms with E-state index in [1.807, 2.05) is 0 Å². The SMILES string of the molecule is Cc1cc(N2CCC3(CCCCC3)CC2)ccc1CCN. The molecule has 0 amide bonds. The molecule has 0 atom stereocenters. The quantitative estimate of drug-likeness (QED) is 0.908. The molecule has 2 nitrogen and oxygen atoms in total. The molecule has 0 radical (unpaired) electrons. The van der Waals surface area contributed by atoms with Crippen molar-refractivity contribution in [2.75, 3.05) is 24.5 Å². The first-order valence-electron chi connectivity index (χ1n) is 8.77. The molecule has 1 aliphatic carbocycles. The molecule has 21 heavy (non-hydrogen) atoms. The maximum atomic E-state index is 5.68. The van der Waals surface area contributed by atoms with Crippen molar-refractivity contribution >= 4 is 5.69 Å². The molecule has 2 aliphatic rings. The van der Waals surface area contributed by atoms with Crippen molar-refractivity contribution in [3.05, 3.63) is 29.3 Å². The van der Waals surface area contributed by atoms with Gasteiger partial charge in [-0.3, -0.25) is 0 Å². The van der Waals surface area contributed by atoms with Gasteiger partial charge in [-0.2, -0.15) is 0 Å². The van der Waals surface area contributed by atoms with Crippen molar-refractivity contribution in [2.24, 2.45) is 11.1 Å². The number of benzene rings is 1. The Hall–Kier alpha value is -1.02. The van der Waals surface area contributed by atoms with Crippen LogP contribution in [-0.4, -0.2) is 19.6 Å². The highest BCUT2D eigenvalue weighted by atomic mass is 15.1. The van der Waals surface area contributed by atoms with E-state index in [4.69, 9.17) is 5.73 Å². The second-order valence-electron chi connectivity index (χ2n) is 7.20. The number of nitrogens with zero attached hydrogens (tertiary/aromatic N) is 1. The lowest BCUT2D eigenvalue weighted by atomic mass is 9.68. The summed E-state index contributed by atoms with van der Waals surface area (Å²) >= 11 is 0. The molecule has 3 rings (SSSR count). The minimum absolute atomic E-state index is 0.698. The van der Waals surface area contributed by atoms with E-state index in [1.54, 1.807) is 0 Å². The van der Waals surface area contributed by atoms with Gasteiger partial charge in [0.2, 0.25) is 0 Å². The molecule has 1 saturated heterocycles. The average molecular weight is 286 g/mol. The Morgan fingerprint density at radius 1 is 1.05 bits per heavy atom. The highest BCUT2D eigenvalue weighted by Crippen LogP contribution is 2.45. The minimum Gasteiger partial charge on any atom is -0.371 e. The largest absolute Gasteiger partial charge is 0.371 e. The lowest BCUT2D eigenvalue weighted by Crippen LogP contribution is -2.41. The van der Waals surface area contributed by atoms with Crippen molar-refractivity contribution in [3.8, 4) is 0 Å². The zero-order valence-corrected chi connectivity index (χ0v) is 13.5. The van der Waals surface area contributed by atoms with Crippen LogP contribution in [0.2, 0.25) is 0 Å². The molecule has 0 aromatic heterocycles. The fourth-order valence-electron chi connectivity index (χ4n) is 4.35. The van der Waals surface area contributed by atoms with E-state index in [9.17, 15) is 0 Å². The van der Waals surface area contributed by atoms with Gasteiger partial charge in [0, 0.05) is 18.8 Å². The van der Waals surface area contributed by atoms with E-state index >= 15 is 0 Å². The van der Waals surface area contributed by atoms with Crippen LogP contribution in [0.4, 0.5) is 5.69 Å². The molecule has 2 fully saturated rings. The molecular weight excluding hydrogens is 256 g/mol. The Morgan fingerprint density at radius 2 is 1.76 bits per heavy atom. The number of hydrogen-bond acceptors (Lipinski definition) is 2. The van der Waals surface area contributed by atoms with Crippen LogP contribution in [0.15, 0.2) is 18.2 Å². The summed E-state index contributed by atoms with van der Waals surface area (Å²) in [5, 5.41) is 0. The average Bonchev–Trinajstić information content (AvgIpc) is 2.51. The van der Waals surface area contributed by atoms with Crippen LogP contribution in [0.3, 0.4) is 0 Å². The van der Waals surface area contributed by atoms with Gasteiger partial charge in [0.1, 0.15) is 0 Å². The summed E-state index contributed by atoms with van der Waals surface area (Å²) in [6.45, 7) is 5.46. The van der Waals surface area contributed by atoms with E-state index in [0.717, 1.165) is 13.0 Å². The lowest BCUT2D eigenvalue weighted by molar-refractivity contribution is 0.144. The molecule has 1 aromatic carbocycles. The van der Waals surface area contributed by atoms with Gasteiger partial charge in [-0.15, -0.1) is 0 Å². The van der Waals surface area contributed by atoms with Crippen molar-refractivity contribution in [2.45, 2.75) is 58.3 Å². The van der Waals surface area contributed by atoms with E-state index in [1.165, 1.54) is 74.8 Å². The Kier molecular flexibility index (Phi) is 4.54. The third kappa shape index (κ3) is 3.26. The molecule has 2 heteroatoms. The molecule has 1 aromatic rings. The van der Waals surface area contributed by atoms with Gasteiger partial charge >= 0.3 is 0 Å². The molecular formula is C19H30N2. The van der Waals surface area contributed by atoms with Crippen LogP contribution < -0.4 is 10.6 Å². The zero-order valence-electron chi connectivity index (χ0n) is 13.5. The first kappa shape index (κ1) is 14.9. The third-order valence-corrected chi connectivity index (χ3v) is 5.84. The smallest absolute Gasteiger partial charge is 0.0369 e. The third-order valence-electron chi connectivity index (χ3n) is 5.84. The van der Waals surface area contributed by atoms with Crippen molar-refractivity contribution in [3.63, 3.8) is 0 Å². The van der Waals surface area contributed by atoms with E-state index in [-0.39, 0.29) is 0 Å². The zero-order chi connectivity index (χ0) is 14.7. The van der Waals surface area contributed by atoms with Crippen LogP contribution in [0.5, 0.6) is 0 Å².